The van der Waals surface area contributed by atoms with Gasteiger partial charge in [0, 0.05) is 12.7 Å². The Morgan fingerprint density at radius 3 is 2.50 bits per heavy atom. The van der Waals surface area contributed by atoms with Crippen molar-refractivity contribution in [1.29, 1.82) is 0 Å². The topological polar surface area (TPSA) is 22.0 Å². The van der Waals surface area contributed by atoms with Crippen molar-refractivity contribution < 1.29 is 13.2 Å². The van der Waals surface area contributed by atoms with E-state index in [2.05, 4.69) is 0 Å². The first kappa shape index (κ1) is 11.9. The van der Waals surface area contributed by atoms with Crippen LogP contribution in [0.1, 0.15) is 23.2 Å². The molecule has 1 aliphatic rings. The van der Waals surface area contributed by atoms with Gasteiger partial charge >= 0.3 is 6.18 Å². The van der Waals surface area contributed by atoms with Crippen molar-refractivity contribution in [3.05, 3.63) is 30.7 Å². The van der Waals surface area contributed by atoms with Gasteiger partial charge in [-0.15, -0.1) is 0 Å². The van der Waals surface area contributed by atoms with Crippen molar-refractivity contribution in [3.63, 3.8) is 0 Å². The molecule has 0 aliphatic heterocycles. The first-order chi connectivity index (χ1) is 7.34. The molecule has 2 rings (SSSR count). The molecule has 1 aliphatic carbocycles. The highest BCUT2D eigenvalue weighted by Crippen LogP contribution is 2.38. The molecule has 0 fully saturated rings. The molecule has 1 heterocycles. The summed E-state index contributed by atoms with van der Waals surface area (Å²) in [4.78, 5) is 11.7. The summed E-state index contributed by atoms with van der Waals surface area (Å²) in [5, 5.41) is 0. The van der Waals surface area contributed by atoms with Crippen LogP contribution in [0.2, 0.25) is 0 Å². The summed E-state index contributed by atoms with van der Waals surface area (Å²) < 4.78 is 39.7. The molecule has 0 aromatic carbocycles. The van der Waals surface area contributed by atoms with Crippen LogP contribution < -0.4 is 5.56 Å². The van der Waals surface area contributed by atoms with Gasteiger partial charge in [0.15, 0.2) is 0 Å². The van der Waals surface area contributed by atoms with Crippen LogP contribution in [0.25, 0.3) is 0 Å². The Balaban J connectivity index is 2.85. The lowest BCUT2D eigenvalue weighted by Gasteiger charge is -2.16. The third-order valence-corrected chi connectivity index (χ3v) is 3.89. The molecule has 0 radical (unpaired) electrons. The van der Waals surface area contributed by atoms with Crippen molar-refractivity contribution in [2.45, 2.75) is 25.4 Å². The molecule has 0 spiro atoms. The molecule has 1 aromatic heterocycles. The number of aromatic nitrogens is 1. The number of halogens is 4. The van der Waals surface area contributed by atoms with Gasteiger partial charge in [0.05, 0.1) is 9.13 Å². The van der Waals surface area contributed by atoms with E-state index in [0.717, 1.165) is 0 Å². The molecule has 1 aromatic rings. The largest absolute Gasteiger partial charge is 0.417 e. The van der Waals surface area contributed by atoms with E-state index in [4.69, 9.17) is 0 Å². The number of hydrogen-bond acceptors (Lipinski definition) is 1. The van der Waals surface area contributed by atoms with E-state index in [1.807, 2.05) is 0 Å². The summed E-state index contributed by atoms with van der Waals surface area (Å²) >= 11 is 1.50. The molecule has 6 heteroatoms. The molecule has 0 amide bonds. The fraction of sp³-hybridized carbons (Fsp3) is 0.500. The Labute approximate surface area is 104 Å². The summed E-state index contributed by atoms with van der Waals surface area (Å²) in [6.45, 7) is 0. The fourth-order valence-electron chi connectivity index (χ4n) is 2.17. The number of hydrogen-bond donors (Lipinski definition) is 0. The van der Waals surface area contributed by atoms with Gasteiger partial charge < -0.3 is 4.57 Å². The zero-order valence-electron chi connectivity index (χ0n) is 8.49. The zero-order chi connectivity index (χ0) is 12.1. The van der Waals surface area contributed by atoms with Gasteiger partial charge in [-0.25, -0.2) is 0 Å². The lowest BCUT2D eigenvalue weighted by Crippen LogP contribution is -2.28. The highest BCUT2D eigenvalue weighted by molar-refractivity contribution is 14.1. The van der Waals surface area contributed by atoms with Gasteiger partial charge in [-0.05, 0) is 47.4 Å². The second-order valence-corrected chi connectivity index (χ2v) is 4.91. The summed E-state index contributed by atoms with van der Waals surface area (Å²) in [6.07, 6.45) is -2.78. The second-order valence-electron chi connectivity index (χ2n) is 3.83. The Hall–Kier alpha value is -0.530. The SMILES string of the molecule is Cn1c2c(c(C(F)(F)F)c(I)c1=O)CCC2. The molecule has 0 N–H and O–H groups in total. The van der Waals surface area contributed by atoms with Crippen molar-refractivity contribution in [1.82, 2.24) is 4.57 Å². The third-order valence-electron chi connectivity index (χ3n) is 2.89. The van der Waals surface area contributed by atoms with E-state index >= 15 is 0 Å². The molecule has 2 nitrogen and oxygen atoms in total. The minimum absolute atomic E-state index is 0.215. The monoisotopic (exact) mass is 343 g/mol. The normalized spacial score (nSPS) is 15.3. The predicted molar refractivity (Wildman–Crippen MR) is 61.4 cm³/mol. The van der Waals surface area contributed by atoms with Crippen LogP contribution in [0.5, 0.6) is 0 Å². The second kappa shape index (κ2) is 3.75. The van der Waals surface area contributed by atoms with Gasteiger partial charge in [0.1, 0.15) is 0 Å². The molecule has 88 valence electrons. The molecular weight excluding hydrogens is 334 g/mol. The van der Waals surface area contributed by atoms with Crippen molar-refractivity contribution in [2.24, 2.45) is 7.05 Å². The van der Waals surface area contributed by atoms with Crippen LogP contribution in [0.15, 0.2) is 4.79 Å². The Morgan fingerprint density at radius 2 is 1.94 bits per heavy atom. The fourth-order valence-corrected chi connectivity index (χ4v) is 3.17. The van der Waals surface area contributed by atoms with E-state index in [1.54, 1.807) is 0 Å². The number of rotatable bonds is 0. The van der Waals surface area contributed by atoms with E-state index in [9.17, 15) is 18.0 Å². The van der Waals surface area contributed by atoms with Crippen molar-refractivity contribution >= 4 is 22.6 Å². The standard InChI is InChI=1S/C10H9F3INO/c1-15-6-4-2-3-5(6)7(10(11,12)13)8(14)9(15)16/h2-4H2,1H3. The van der Waals surface area contributed by atoms with Crippen molar-refractivity contribution in [3.8, 4) is 0 Å². The summed E-state index contributed by atoms with van der Waals surface area (Å²) in [6, 6.07) is 0. The Bertz CT molecular complexity index is 504. The van der Waals surface area contributed by atoms with Crippen LogP contribution >= 0.6 is 22.6 Å². The molecule has 16 heavy (non-hydrogen) atoms. The van der Waals surface area contributed by atoms with Crippen LogP contribution in [-0.2, 0) is 26.1 Å². The maximum atomic E-state index is 12.9. The maximum absolute atomic E-state index is 12.9. The van der Waals surface area contributed by atoms with E-state index in [0.29, 0.717) is 30.5 Å². The highest BCUT2D eigenvalue weighted by Gasteiger charge is 2.39. The van der Waals surface area contributed by atoms with E-state index in [1.165, 1.54) is 34.2 Å². The van der Waals surface area contributed by atoms with Crippen LogP contribution in [0.4, 0.5) is 13.2 Å². The van der Waals surface area contributed by atoms with Gasteiger partial charge in [-0.3, -0.25) is 4.79 Å². The van der Waals surface area contributed by atoms with Crippen LogP contribution in [0, 0.1) is 3.57 Å². The predicted octanol–water partition coefficient (Wildman–Crippen LogP) is 2.50. The van der Waals surface area contributed by atoms with Gasteiger partial charge in [0.25, 0.3) is 5.56 Å². The van der Waals surface area contributed by atoms with Gasteiger partial charge in [-0.1, -0.05) is 0 Å². The van der Waals surface area contributed by atoms with Gasteiger partial charge in [-0.2, -0.15) is 13.2 Å². The smallest absolute Gasteiger partial charge is 0.315 e. The molecule has 0 bridgehead atoms. The van der Waals surface area contributed by atoms with E-state index < -0.39 is 17.3 Å². The van der Waals surface area contributed by atoms with Gasteiger partial charge in [0.2, 0.25) is 0 Å². The summed E-state index contributed by atoms with van der Waals surface area (Å²) in [5.74, 6) is 0. The first-order valence-corrected chi connectivity index (χ1v) is 5.89. The molecular formula is C10H9F3INO. The number of fused-ring (bicyclic) bond motifs is 1. The minimum Gasteiger partial charge on any atom is -0.315 e. The average molecular weight is 343 g/mol. The zero-order valence-corrected chi connectivity index (χ0v) is 10.6. The van der Waals surface area contributed by atoms with Crippen LogP contribution in [-0.4, -0.2) is 4.57 Å². The van der Waals surface area contributed by atoms with Crippen molar-refractivity contribution in [2.75, 3.05) is 0 Å². The highest BCUT2D eigenvalue weighted by atomic mass is 127. The lowest BCUT2D eigenvalue weighted by atomic mass is 10.1. The Kier molecular flexibility index (Phi) is 2.80. The molecule has 0 unspecified atom stereocenters. The molecule has 0 atom stereocenters. The Morgan fingerprint density at radius 1 is 1.31 bits per heavy atom. The quantitative estimate of drug-likeness (QED) is 0.664. The molecule has 0 saturated heterocycles. The minimum atomic E-state index is -4.43. The summed E-state index contributed by atoms with van der Waals surface area (Å²) in [5.41, 5.74) is -0.422. The summed E-state index contributed by atoms with van der Waals surface area (Å²) in [7, 11) is 1.54. The maximum Gasteiger partial charge on any atom is 0.417 e. The van der Waals surface area contributed by atoms with E-state index in [-0.39, 0.29) is 3.57 Å². The average Bonchev–Trinajstić information content (AvgIpc) is 2.61. The number of pyridine rings is 1. The van der Waals surface area contributed by atoms with Crippen LogP contribution in [0.3, 0.4) is 0 Å². The number of alkyl halides is 3. The molecule has 0 saturated carbocycles. The number of nitrogens with zero attached hydrogens (tertiary/aromatic N) is 1. The third kappa shape index (κ3) is 1.66. The lowest BCUT2D eigenvalue weighted by molar-refractivity contribution is -0.139. The first-order valence-electron chi connectivity index (χ1n) is 4.81.